The van der Waals surface area contributed by atoms with Gasteiger partial charge < -0.3 is 15.4 Å². The lowest BCUT2D eigenvalue weighted by Gasteiger charge is -2.15. The maximum atomic E-state index is 11.9. The number of hydrogen-bond donors (Lipinski definition) is 2. The summed E-state index contributed by atoms with van der Waals surface area (Å²) in [6.07, 6.45) is 3.56. The predicted molar refractivity (Wildman–Crippen MR) is 105 cm³/mol. The monoisotopic (exact) mass is 385 g/mol. The maximum Gasteiger partial charge on any atom is 0.234 e. The van der Waals surface area contributed by atoms with E-state index in [1.54, 1.807) is 19.5 Å². The van der Waals surface area contributed by atoms with Crippen LogP contribution >= 0.6 is 24.8 Å². The van der Waals surface area contributed by atoms with Crippen molar-refractivity contribution in [2.75, 3.05) is 26.8 Å². The quantitative estimate of drug-likeness (QED) is 0.685. The van der Waals surface area contributed by atoms with Crippen LogP contribution in [0.5, 0.6) is 0 Å². The topological polar surface area (TPSA) is 63.2 Å². The number of amides is 1. The molecule has 0 aliphatic heterocycles. The highest BCUT2D eigenvalue weighted by molar-refractivity contribution is 5.85. The van der Waals surface area contributed by atoms with Gasteiger partial charge in [-0.2, -0.15) is 0 Å². The van der Waals surface area contributed by atoms with Gasteiger partial charge in [-0.1, -0.05) is 24.3 Å². The molecule has 0 saturated carbocycles. The van der Waals surface area contributed by atoms with Gasteiger partial charge in [-0.25, -0.2) is 0 Å². The van der Waals surface area contributed by atoms with Gasteiger partial charge in [-0.3, -0.25) is 9.78 Å². The number of methoxy groups -OCH3 is 1. The van der Waals surface area contributed by atoms with Crippen LogP contribution in [-0.2, 0) is 9.53 Å². The number of carbonyl (C=O) groups is 1. The van der Waals surface area contributed by atoms with Gasteiger partial charge in [0.25, 0.3) is 0 Å². The standard InChI is InChI=1S/C18H23N3O2.2ClH/c1-14(21-18(22)13-20-11-12-23-2)15-3-5-16(6-4-15)17-7-9-19-10-8-17;;/h3-10,14,20H,11-13H2,1-2H3,(H,21,22);2*1H. The van der Waals surface area contributed by atoms with Gasteiger partial charge in [0.1, 0.15) is 0 Å². The fourth-order valence-corrected chi connectivity index (χ4v) is 2.26. The molecule has 1 unspecified atom stereocenters. The summed E-state index contributed by atoms with van der Waals surface area (Å²) in [4.78, 5) is 15.9. The highest BCUT2D eigenvalue weighted by atomic mass is 35.5. The molecule has 7 heteroatoms. The lowest BCUT2D eigenvalue weighted by Crippen LogP contribution is -2.36. The number of ether oxygens (including phenoxy) is 1. The normalized spacial score (nSPS) is 11.0. The molecule has 5 nitrogen and oxygen atoms in total. The number of hydrogen-bond acceptors (Lipinski definition) is 4. The third kappa shape index (κ3) is 7.84. The summed E-state index contributed by atoms with van der Waals surface area (Å²) in [7, 11) is 1.64. The number of aromatic nitrogens is 1. The number of rotatable bonds is 8. The predicted octanol–water partition coefficient (Wildman–Crippen LogP) is 3.01. The molecule has 0 radical (unpaired) electrons. The second-order valence-electron chi connectivity index (χ2n) is 5.32. The summed E-state index contributed by atoms with van der Waals surface area (Å²) >= 11 is 0. The molecule has 0 aliphatic carbocycles. The van der Waals surface area contributed by atoms with Crippen LogP contribution in [-0.4, -0.2) is 37.7 Å². The molecular formula is C18H25Cl2N3O2. The van der Waals surface area contributed by atoms with Crippen molar-refractivity contribution in [2.45, 2.75) is 13.0 Å². The minimum atomic E-state index is -0.0294. The molecule has 0 bridgehead atoms. The first-order valence-corrected chi connectivity index (χ1v) is 7.70. The van der Waals surface area contributed by atoms with Crippen molar-refractivity contribution in [3.63, 3.8) is 0 Å². The van der Waals surface area contributed by atoms with E-state index in [0.717, 1.165) is 16.7 Å². The Morgan fingerprint density at radius 3 is 2.28 bits per heavy atom. The molecule has 0 aliphatic rings. The molecule has 2 rings (SSSR count). The first kappa shape index (κ1) is 23.3. The van der Waals surface area contributed by atoms with Crippen molar-refractivity contribution in [2.24, 2.45) is 0 Å². The van der Waals surface area contributed by atoms with Crippen LogP contribution < -0.4 is 10.6 Å². The Morgan fingerprint density at radius 2 is 1.68 bits per heavy atom. The molecule has 25 heavy (non-hydrogen) atoms. The summed E-state index contributed by atoms with van der Waals surface area (Å²) in [5.74, 6) is -0.0215. The molecule has 2 aromatic rings. The smallest absolute Gasteiger partial charge is 0.234 e. The molecule has 0 spiro atoms. The minimum Gasteiger partial charge on any atom is -0.383 e. The van der Waals surface area contributed by atoms with Gasteiger partial charge in [0.15, 0.2) is 0 Å². The fourth-order valence-electron chi connectivity index (χ4n) is 2.26. The van der Waals surface area contributed by atoms with E-state index in [1.807, 2.05) is 31.2 Å². The first-order valence-electron chi connectivity index (χ1n) is 7.70. The first-order chi connectivity index (χ1) is 11.2. The van der Waals surface area contributed by atoms with Crippen molar-refractivity contribution < 1.29 is 9.53 Å². The highest BCUT2D eigenvalue weighted by Gasteiger charge is 2.09. The number of pyridine rings is 1. The fraction of sp³-hybridized carbons (Fsp3) is 0.333. The van der Waals surface area contributed by atoms with E-state index < -0.39 is 0 Å². The van der Waals surface area contributed by atoms with Gasteiger partial charge >= 0.3 is 0 Å². The zero-order chi connectivity index (χ0) is 16.5. The van der Waals surface area contributed by atoms with Gasteiger partial charge in [-0.15, -0.1) is 24.8 Å². The molecule has 138 valence electrons. The summed E-state index contributed by atoms with van der Waals surface area (Å²) in [6, 6.07) is 12.1. The Labute approximate surface area is 161 Å². The molecule has 1 heterocycles. The molecule has 0 saturated heterocycles. The molecule has 2 N–H and O–H groups in total. The third-order valence-electron chi connectivity index (χ3n) is 3.57. The van der Waals surface area contributed by atoms with E-state index in [4.69, 9.17) is 4.74 Å². The summed E-state index contributed by atoms with van der Waals surface area (Å²) in [5, 5.41) is 6.01. The van der Waals surface area contributed by atoms with Crippen molar-refractivity contribution >= 4 is 30.7 Å². The number of nitrogens with zero attached hydrogens (tertiary/aromatic N) is 1. The molecule has 1 amide bonds. The zero-order valence-corrected chi connectivity index (χ0v) is 16.0. The molecule has 1 atom stereocenters. The largest absolute Gasteiger partial charge is 0.383 e. The van der Waals surface area contributed by atoms with E-state index in [-0.39, 0.29) is 36.8 Å². The van der Waals surface area contributed by atoms with E-state index in [1.165, 1.54) is 0 Å². The van der Waals surface area contributed by atoms with Gasteiger partial charge in [-0.05, 0) is 35.7 Å². The second kappa shape index (κ2) is 12.7. The molecule has 0 fully saturated rings. The van der Waals surface area contributed by atoms with Crippen molar-refractivity contribution in [1.82, 2.24) is 15.6 Å². The maximum absolute atomic E-state index is 11.9. The third-order valence-corrected chi connectivity index (χ3v) is 3.57. The Balaban J connectivity index is 0.00000288. The van der Waals surface area contributed by atoms with Crippen molar-refractivity contribution in [3.8, 4) is 11.1 Å². The van der Waals surface area contributed by atoms with Gasteiger partial charge in [0.2, 0.25) is 5.91 Å². The highest BCUT2D eigenvalue weighted by Crippen LogP contribution is 2.21. The molecular weight excluding hydrogens is 361 g/mol. The Morgan fingerprint density at radius 1 is 1.08 bits per heavy atom. The Bertz CT molecular complexity index is 609. The zero-order valence-electron chi connectivity index (χ0n) is 14.4. The summed E-state index contributed by atoms with van der Waals surface area (Å²) < 4.78 is 4.92. The van der Waals surface area contributed by atoms with Crippen LogP contribution in [0.1, 0.15) is 18.5 Å². The van der Waals surface area contributed by atoms with Crippen molar-refractivity contribution in [1.29, 1.82) is 0 Å². The molecule has 1 aromatic heterocycles. The molecule has 1 aromatic carbocycles. The van der Waals surface area contributed by atoms with Gasteiger partial charge in [0, 0.05) is 26.0 Å². The Kier molecular flexibility index (Phi) is 11.8. The Hall–Kier alpha value is -1.66. The van der Waals surface area contributed by atoms with Crippen LogP contribution in [0.15, 0.2) is 48.8 Å². The van der Waals surface area contributed by atoms with E-state index in [0.29, 0.717) is 19.7 Å². The van der Waals surface area contributed by atoms with E-state index in [2.05, 4.69) is 27.8 Å². The summed E-state index contributed by atoms with van der Waals surface area (Å²) in [5.41, 5.74) is 3.34. The van der Waals surface area contributed by atoms with Crippen LogP contribution in [0.25, 0.3) is 11.1 Å². The number of halogens is 2. The van der Waals surface area contributed by atoms with Crippen LogP contribution in [0.4, 0.5) is 0 Å². The second-order valence-corrected chi connectivity index (χ2v) is 5.32. The number of benzene rings is 1. The SMILES string of the molecule is COCCNCC(=O)NC(C)c1ccc(-c2ccncc2)cc1.Cl.Cl. The average Bonchev–Trinajstić information content (AvgIpc) is 2.59. The van der Waals surface area contributed by atoms with E-state index >= 15 is 0 Å². The lowest BCUT2D eigenvalue weighted by molar-refractivity contribution is -0.120. The van der Waals surface area contributed by atoms with Crippen LogP contribution in [0.2, 0.25) is 0 Å². The lowest BCUT2D eigenvalue weighted by atomic mass is 10.0. The van der Waals surface area contributed by atoms with Crippen molar-refractivity contribution in [3.05, 3.63) is 54.4 Å². The van der Waals surface area contributed by atoms with E-state index in [9.17, 15) is 4.79 Å². The average molecular weight is 386 g/mol. The van der Waals surface area contributed by atoms with Crippen LogP contribution in [0, 0.1) is 0 Å². The number of carbonyl (C=O) groups excluding carboxylic acids is 1. The number of nitrogens with one attached hydrogen (secondary N) is 2. The minimum absolute atomic E-state index is 0. The summed E-state index contributed by atoms with van der Waals surface area (Å²) in [6.45, 7) is 3.54. The van der Waals surface area contributed by atoms with Gasteiger partial charge in [0.05, 0.1) is 19.2 Å². The van der Waals surface area contributed by atoms with Crippen LogP contribution in [0.3, 0.4) is 0 Å².